The number of nitrogens with zero attached hydrogens (tertiary/aromatic N) is 2. The monoisotopic (exact) mass is 549 g/mol. The molecule has 2 atom stereocenters. The van der Waals surface area contributed by atoms with Crippen molar-refractivity contribution in [2.24, 2.45) is 10.9 Å². The van der Waals surface area contributed by atoms with Gasteiger partial charge in [0.25, 0.3) is 0 Å². The Morgan fingerprint density at radius 2 is 1.72 bits per heavy atom. The molecule has 2 aliphatic heterocycles. The second-order valence-electron chi connectivity index (χ2n) is 8.42. The highest BCUT2D eigenvalue weighted by molar-refractivity contribution is 14.0. The Balaban J connectivity index is 0.00000289. The molecule has 1 N–H and O–H groups in total. The molecule has 2 unspecified atom stereocenters. The molecule has 2 aliphatic rings. The normalized spacial score (nSPS) is 22.2. The number of piperidine rings is 1. The molecule has 2 fully saturated rings. The van der Waals surface area contributed by atoms with E-state index in [4.69, 9.17) is 14.5 Å². The third-order valence-corrected chi connectivity index (χ3v) is 6.17. The van der Waals surface area contributed by atoms with Gasteiger partial charge in [0.05, 0.1) is 6.10 Å². The van der Waals surface area contributed by atoms with Crippen molar-refractivity contribution in [3.05, 3.63) is 66.2 Å². The number of aliphatic imine (C=N–C) groups is 1. The maximum absolute atomic E-state index is 6.17. The first-order chi connectivity index (χ1) is 15.3. The van der Waals surface area contributed by atoms with E-state index in [1.54, 1.807) is 0 Å². The minimum Gasteiger partial charge on any atom is -0.490 e. The van der Waals surface area contributed by atoms with E-state index in [-0.39, 0.29) is 36.2 Å². The quantitative estimate of drug-likeness (QED) is 0.303. The fraction of sp³-hybridized carbons (Fsp3) is 0.500. The number of hydrogen-bond donors (Lipinski definition) is 1. The van der Waals surface area contributed by atoms with Gasteiger partial charge in [0.15, 0.2) is 5.96 Å². The lowest BCUT2D eigenvalue weighted by Gasteiger charge is -2.35. The summed E-state index contributed by atoms with van der Waals surface area (Å²) < 4.78 is 12.3. The van der Waals surface area contributed by atoms with Crippen molar-refractivity contribution in [1.82, 2.24) is 10.2 Å². The summed E-state index contributed by atoms with van der Waals surface area (Å²) in [7, 11) is 0. The van der Waals surface area contributed by atoms with E-state index in [0.29, 0.717) is 5.92 Å². The molecule has 0 saturated carbocycles. The minimum absolute atomic E-state index is 0. The van der Waals surface area contributed by atoms with Crippen molar-refractivity contribution < 1.29 is 9.47 Å². The number of para-hydroxylation sites is 1. The Bertz CT molecular complexity index is 810. The lowest BCUT2D eigenvalue weighted by Crippen LogP contribution is -2.47. The van der Waals surface area contributed by atoms with Crippen LogP contribution in [-0.4, -0.2) is 49.7 Å². The van der Waals surface area contributed by atoms with Gasteiger partial charge in [0.1, 0.15) is 11.9 Å². The van der Waals surface area contributed by atoms with Crippen molar-refractivity contribution in [1.29, 1.82) is 0 Å². The predicted molar refractivity (Wildman–Crippen MR) is 141 cm³/mol. The lowest BCUT2D eigenvalue weighted by molar-refractivity contribution is -0.0251. The molecule has 0 aromatic heterocycles. The molecule has 0 bridgehead atoms. The number of halogens is 1. The van der Waals surface area contributed by atoms with Crippen LogP contribution in [0, 0.1) is 5.92 Å². The van der Waals surface area contributed by atoms with Gasteiger partial charge in [-0.15, -0.1) is 24.0 Å². The van der Waals surface area contributed by atoms with Crippen molar-refractivity contribution in [2.75, 3.05) is 32.8 Å². The van der Waals surface area contributed by atoms with Gasteiger partial charge in [-0.05, 0) is 37.5 Å². The van der Waals surface area contributed by atoms with Gasteiger partial charge in [0, 0.05) is 51.5 Å². The average Bonchev–Trinajstić information content (AvgIpc) is 2.84. The number of ether oxygens (including phenoxy) is 2. The Morgan fingerprint density at radius 1 is 1.03 bits per heavy atom. The zero-order chi connectivity index (χ0) is 21.3. The van der Waals surface area contributed by atoms with Crippen LogP contribution in [0.2, 0.25) is 0 Å². The number of benzene rings is 2. The first-order valence-corrected chi connectivity index (χ1v) is 11.7. The molecular weight excluding hydrogens is 513 g/mol. The molecule has 4 rings (SSSR count). The van der Waals surface area contributed by atoms with Crippen LogP contribution in [0.1, 0.15) is 44.3 Å². The fourth-order valence-electron chi connectivity index (χ4n) is 4.55. The summed E-state index contributed by atoms with van der Waals surface area (Å²) in [6.45, 7) is 6.58. The highest BCUT2D eigenvalue weighted by Crippen LogP contribution is 2.33. The smallest absolute Gasteiger partial charge is 0.193 e. The Morgan fingerprint density at radius 3 is 2.41 bits per heavy atom. The summed E-state index contributed by atoms with van der Waals surface area (Å²) in [5, 5.41) is 3.51. The summed E-state index contributed by atoms with van der Waals surface area (Å²) in [6, 6.07) is 20.8. The van der Waals surface area contributed by atoms with Gasteiger partial charge in [-0.2, -0.15) is 0 Å². The fourth-order valence-corrected chi connectivity index (χ4v) is 4.55. The van der Waals surface area contributed by atoms with Gasteiger partial charge >= 0.3 is 0 Å². The molecule has 174 valence electrons. The zero-order valence-corrected chi connectivity index (χ0v) is 21.3. The Hall–Kier alpha value is -1.80. The molecule has 2 saturated heterocycles. The standard InChI is InChI=1S/C26H35N3O2.HI/c1-2-27-26(29-17-15-24(16-18-29)31-23-13-7-4-8-14-23)28-20-22-12-9-19-30-25(22)21-10-5-3-6-11-21;/h3-8,10-11,13-14,22,24-25H,2,9,12,15-20H2,1H3,(H,27,28);1H. The van der Waals surface area contributed by atoms with Crippen LogP contribution in [0.5, 0.6) is 5.75 Å². The van der Waals surface area contributed by atoms with Crippen molar-refractivity contribution in [3.63, 3.8) is 0 Å². The van der Waals surface area contributed by atoms with E-state index in [0.717, 1.165) is 70.2 Å². The van der Waals surface area contributed by atoms with Gasteiger partial charge < -0.3 is 19.7 Å². The van der Waals surface area contributed by atoms with Gasteiger partial charge in [-0.25, -0.2) is 0 Å². The van der Waals surface area contributed by atoms with Gasteiger partial charge in [-0.3, -0.25) is 4.99 Å². The lowest BCUT2D eigenvalue weighted by atomic mass is 9.89. The highest BCUT2D eigenvalue weighted by atomic mass is 127. The third-order valence-electron chi connectivity index (χ3n) is 6.17. The number of rotatable bonds is 6. The first-order valence-electron chi connectivity index (χ1n) is 11.7. The summed E-state index contributed by atoms with van der Waals surface area (Å²) in [6.07, 6.45) is 4.72. The maximum Gasteiger partial charge on any atom is 0.193 e. The molecule has 0 aliphatic carbocycles. The highest BCUT2D eigenvalue weighted by Gasteiger charge is 2.28. The molecule has 0 radical (unpaired) electrons. The number of hydrogen-bond acceptors (Lipinski definition) is 3. The third kappa shape index (κ3) is 6.85. The zero-order valence-electron chi connectivity index (χ0n) is 19.0. The molecule has 32 heavy (non-hydrogen) atoms. The molecule has 6 heteroatoms. The van der Waals surface area contributed by atoms with Crippen LogP contribution in [0.4, 0.5) is 0 Å². The van der Waals surface area contributed by atoms with Crippen LogP contribution in [0.25, 0.3) is 0 Å². The van der Waals surface area contributed by atoms with Crippen LogP contribution >= 0.6 is 24.0 Å². The summed E-state index contributed by atoms with van der Waals surface area (Å²) in [5.74, 6) is 2.41. The van der Waals surface area contributed by atoms with Crippen LogP contribution < -0.4 is 10.1 Å². The van der Waals surface area contributed by atoms with Crippen LogP contribution in [0.15, 0.2) is 65.7 Å². The number of guanidine groups is 1. The Kier molecular flexibility index (Phi) is 10.1. The molecule has 2 aromatic carbocycles. The van der Waals surface area contributed by atoms with Crippen molar-refractivity contribution >= 4 is 29.9 Å². The number of likely N-dealkylation sites (tertiary alicyclic amines) is 1. The second kappa shape index (κ2) is 13.0. The SMILES string of the molecule is CCNC(=NCC1CCCOC1c1ccccc1)N1CCC(Oc2ccccc2)CC1.I. The summed E-state index contributed by atoms with van der Waals surface area (Å²) in [4.78, 5) is 7.44. The second-order valence-corrected chi connectivity index (χ2v) is 8.42. The van der Waals surface area contributed by atoms with Crippen LogP contribution in [0.3, 0.4) is 0 Å². The number of nitrogens with one attached hydrogen (secondary N) is 1. The molecule has 5 nitrogen and oxygen atoms in total. The Labute approximate surface area is 209 Å². The molecule has 2 aromatic rings. The maximum atomic E-state index is 6.17. The largest absolute Gasteiger partial charge is 0.490 e. The summed E-state index contributed by atoms with van der Waals surface area (Å²) >= 11 is 0. The topological polar surface area (TPSA) is 46.1 Å². The summed E-state index contributed by atoms with van der Waals surface area (Å²) in [5.41, 5.74) is 1.27. The predicted octanol–water partition coefficient (Wildman–Crippen LogP) is 5.28. The van der Waals surface area contributed by atoms with E-state index in [1.165, 1.54) is 5.56 Å². The van der Waals surface area contributed by atoms with E-state index >= 15 is 0 Å². The van der Waals surface area contributed by atoms with E-state index < -0.39 is 0 Å². The van der Waals surface area contributed by atoms with Crippen LogP contribution in [-0.2, 0) is 4.74 Å². The van der Waals surface area contributed by atoms with E-state index in [2.05, 4.69) is 47.5 Å². The van der Waals surface area contributed by atoms with Gasteiger partial charge in [0.2, 0.25) is 0 Å². The molecule has 0 spiro atoms. The minimum atomic E-state index is 0. The first kappa shape index (κ1) is 24.8. The average molecular weight is 549 g/mol. The van der Waals surface area contributed by atoms with Crippen molar-refractivity contribution in [2.45, 2.75) is 44.8 Å². The molecular formula is C26H36IN3O2. The molecule has 2 heterocycles. The van der Waals surface area contributed by atoms with E-state index in [1.807, 2.05) is 30.3 Å². The van der Waals surface area contributed by atoms with Gasteiger partial charge in [-0.1, -0.05) is 48.5 Å². The molecule has 0 amide bonds. The van der Waals surface area contributed by atoms with Crippen molar-refractivity contribution in [3.8, 4) is 5.75 Å². The van der Waals surface area contributed by atoms with E-state index in [9.17, 15) is 0 Å².